The van der Waals surface area contributed by atoms with Gasteiger partial charge in [0.25, 0.3) is 0 Å². The molecule has 0 aromatic heterocycles. The number of nitrogens with zero attached hydrogens (tertiary/aromatic N) is 2. The first-order valence-electron chi connectivity index (χ1n) is 9.75. The van der Waals surface area contributed by atoms with Crippen LogP contribution < -0.4 is 10.6 Å². The first-order chi connectivity index (χ1) is 12.2. The summed E-state index contributed by atoms with van der Waals surface area (Å²) in [7, 11) is 2.90. The van der Waals surface area contributed by atoms with Gasteiger partial charge in [-0.1, -0.05) is 13.3 Å². The fourth-order valence-corrected chi connectivity index (χ4v) is 4.93. The first kappa shape index (κ1) is 24.1. The van der Waals surface area contributed by atoms with Crippen LogP contribution in [0.1, 0.15) is 45.4 Å². The Hall–Kier alpha value is 0.0700. The van der Waals surface area contributed by atoms with Gasteiger partial charge in [-0.15, -0.1) is 24.0 Å². The second-order valence-corrected chi connectivity index (χ2v) is 9.06. The Balaban J connectivity index is 0.00000338. The number of nitrogens with one attached hydrogen (secondary N) is 2. The summed E-state index contributed by atoms with van der Waals surface area (Å²) < 4.78 is 17.3. The van der Waals surface area contributed by atoms with E-state index < -0.39 is 10.8 Å². The van der Waals surface area contributed by atoms with Crippen molar-refractivity contribution < 1.29 is 8.95 Å². The van der Waals surface area contributed by atoms with Gasteiger partial charge in [0.05, 0.1) is 6.61 Å². The monoisotopic (exact) mass is 500 g/mol. The lowest BCUT2D eigenvalue weighted by atomic mass is 9.95. The van der Waals surface area contributed by atoms with E-state index in [1.165, 1.54) is 12.8 Å². The molecule has 2 N–H and O–H groups in total. The average molecular weight is 500 g/mol. The highest BCUT2D eigenvalue weighted by Crippen LogP contribution is 2.26. The highest BCUT2D eigenvalue weighted by atomic mass is 127. The van der Waals surface area contributed by atoms with Crippen LogP contribution >= 0.6 is 24.0 Å². The number of rotatable bonds is 10. The van der Waals surface area contributed by atoms with Crippen LogP contribution in [0.15, 0.2) is 4.99 Å². The van der Waals surface area contributed by atoms with Crippen molar-refractivity contribution in [1.82, 2.24) is 15.5 Å². The Morgan fingerprint density at radius 1 is 1.27 bits per heavy atom. The summed E-state index contributed by atoms with van der Waals surface area (Å²) in [5.74, 6) is 1.64. The molecule has 8 heteroatoms. The van der Waals surface area contributed by atoms with Gasteiger partial charge in [0, 0.05) is 67.7 Å². The van der Waals surface area contributed by atoms with Crippen LogP contribution in [0.5, 0.6) is 0 Å². The molecule has 0 spiro atoms. The minimum Gasteiger partial charge on any atom is -0.383 e. The Bertz CT molecular complexity index is 449. The summed E-state index contributed by atoms with van der Waals surface area (Å²) in [4.78, 5) is 6.87. The van der Waals surface area contributed by atoms with Gasteiger partial charge in [-0.3, -0.25) is 14.1 Å². The van der Waals surface area contributed by atoms with Gasteiger partial charge in [-0.2, -0.15) is 0 Å². The van der Waals surface area contributed by atoms with E-state index in [4.69, 9.17) is 4.74 Å². The smallest absolute Gasteiger partial charge is 0.191 e. The second kappa shape index (κ2) is 13.3. The van der Waals surface area contributed by atoms with Crippen molar-refractivity contribution in [1.29, 1.82) is 0 Å². The van der Waals surface area contributed by atoms with Crippen molar-refractivity contribution in [3.8, 4) is 0 Å². The van der Waals surface area contributed by atoms with Crippen molar-refractivity contribution in [3.63, 3.8) is 0 Å². The molecule has 26 heavy (non-hydrogen) atoms. The molecule has 2 aliphatic carbocycles. The maximum absolute atomic E-state index is 12.1. The molecule has 0 aromatic carbocycles. The van der Waals surface area contributed by atoms with Gasteiger partial charge in [0.2, 0.25) is 0 Å². The predicted molar refractivity (Wildman–Crippen MR) is 121 cm³/mol. The highest BCUT2D eigenvalue weighted by Gasteiger charge is 2.28. The minimum absolute atomic E-state index is 0. The quantitative estimate of drug-likeness (QED) is 0.273. The van der Waals surface area contributed by atoms with Crippen LogP contribution in [0, 0.1) is 0 Å². The number of halogens is 1. The van der Waals surface area contributed by atoms with E-state index in [0.717, 1.165) is 69.7 Å². The molecule has 3 unspecified atom stereocenters. The molecule has 0 saturated heterocycles. The highest BCUT2D eigenvalue weighted by molar-refractivity contribution is 14.0. The van der Waals surface area contributed by atoms with Gasteiger partial charge in [0.1, 0.15) is 0 Å². The molecule has 2 fully saturated rings. The molecular weight excluding hydrogens is 463 g/mol. The molecule has 0 heterocycles. The average Bonchev–Trinajstić information content (AvgIpc) is 3.48. The van der Waals surface area contributed by atoms with Gasteiger partial charge >= 0.3 is 0 Å². The summed E-state index contributed by atoms with van der Waals surface area (Å²) in [6.07, 6.45) is 7.00. The topological polar surface area (TPSA) is 66.0 Å². The Morgan fingerprint density at radius 2 is 2.04 bits per heavy atom. The SMILES string of the molecule is CCS(=O)C1CCCC(NC(=NC)NCCN(CCOC)C2CC2)C1.I. The van der Waals surface area contributed by atoms with E-state index in [9.17, 15) is 4.21 Å². The van der Waals surface area contributed by atoms with Crippen LogP contribution in [0.3, 0.4) is 0 Å². The third kappa shape index (κ3) is 8.39. The van der Waals surface area contributed by atoms with E-state index in [-0.39, 0.29) is 24.0 Å². The van der Waals surface area contributed by atoms with Crippen LogP contribution in [-0.2, 0) is 15.5 Å². The Labute approximate surface area is 178 Å². The Morgan fingerprint density at radius 3 is 2.65 bits per heavy atom. The molecule has 2 saturated carbocycles. The van der Waals surface area contributed by atoms with Crippen LogP contribution in [0.4, 0.5) is 0 Å². The maximum Gasteiger partial charge on any atom is 0.191 e. The molecule has 154 valence electrons. The number of aliphatic imine (C=N–C) groups is 1. The zero-order valence-corrected chi connectivity index (χ0v) is 19.7. The lowest BCUT2D eigenvalue weighted by Gasteiger charge is -2.30. The number of hydrogen-bond donors (Lipinski definition) is 2. The van der Waals surface area contributed by atoms with Crippen molar-refractivity contribution in [2.24, 2.45) is 4.99 Å². The number of ether oxygens (including phenoxy) is 1. The lowest BCUT2D eigenvalue weighted by molar-refractivity contribution is 0.144. The number of guanidine groups is 1. The second-order valence-electron chi connectivity index (χ2n) is 7.06. The van der Waals surface area contributed by atoms with E-state index in [2.05, 4.69) is 20.5 Å². The standard InChI is InChI=1S/C18H36N4O2S.HI/c1-4-25(23)17-7-5-6-15(14-17)21-18(19-2)20-10-11-22(12-13-24-3)16-8-9-16;/h15-17H,4-14H2,1-3H3,(H2,19,20,21);1H. The normalized spacial score (nSPS) is 24.8. The third-order valence-corrected chi connectivity index (χ3v) is 6.92. The van der Waals surface area contributed by atoms with Crippen molar-refractivity contribution >= 4 is 40.7 Å². The molecule has 2 aliphatic rings. The third-order valence-electron chi connectivity index (χ3n) is 5.18. The number of methoxy groups -OCH3 is 1. The molecule has 2 rings (SSSR count). The molecule has 0 amide bonds. The maximum atomic E-state index is 12.1. The first-order valence-corrected chi connectivity index (χ1v) is 11.1. The van der Waals surface area contributed by atoms with Gasteiger partial charge < -0.3 is 15.4 Å². The van der Waals surface area contributed by atoms with Gasteiger partial charge in [0.15, 0.2) is 5.96 Å². The van der Waals surface area contributed by atoms with Crippen LogP contribution in [0.25, 0.3) is 0 Å². The van der Waals surface area contributed by atoms with E-state index >= 15 is 0 Å². The molecule has 0 bridgehead atoms. The fourth-order valence-electron chi connectivity index (χ4n) is 3.58. The molecule has 0 aromatic rings. The summed E-state index contributed by atoms with van der Waals surface area (Å²) >= 11 is 0. The zero-order chi connectivity index (χ0) is 18.1. The van der Waals surface area contributed by atoms with Gasteiger partial charge in [-0.25, -0.2) is 0 Å². The number of hydrogen-bond acceptors (Lipinski definition) is 4. The predicted octanol–water partition coefficient (Wildman–Crippen LogP) is 1.96. The molecule has 0 aliphatic heterocycles. The van der Waals surface area contributed by atoms with Crippen molar-refractivity contribution in [3.05, 3.63) is 0 Å². The summed E-state index contributed by atoms with van der Waals surface area (Å²) in [5, 5.41) is 7.32. The Kier molecular flexibility index (Phi) is 12.3. The van der Waals surface area contributed by atoms with Crippen molar-refractivity contribution in [2.75, 3.05) is 46.2 Å². The van der Waals surface area contributed by atoms with Crippen LogP contribution in [-0.4, -0.2) is 78.6 Å². The van der Waals surface area contributed by atoms with Crippen molar-refractivity contribution in [2.45, 2.75) is 62.8 Å². The zero-order valence-electron chi connectivity index (χ0n) is 16.5. The van der Waals surface area contributed by atoms with E-state index in [1.807, 2.05) is 14.0 Å². The lowest BCUT2D eigenvalue weighted by Crippen LogP contribution is -2.48. The molecular formula is C18H37IN4O2S. The van der Waals surface area contributed by atoms with E-state index in [0.29, 0.717) is 11.3 Å². The summed E-state index contributed by atoms with van der Waals surface area (Å²) in [5.41, 5.74) is 0. The van der Waals surface area contributed by atoms with Crippen LogP contribution in [0.2, 0.25) is 0 Å². The van der Waals surface area contributed by atoms with Gasteiger partial charge in [-0.05, 0) is 32.1 Å². The molecule has 0 radical (unpaired) electrons. The molecule has 6 nitrogen and oxygen atoms in total. The minimum atomic E-state index is -0.683. The fraction of sp³-hybridized carbons (Fsp3) is 0.944. The largest absolute Gasteiger partial charge is 0.383 e. The summed E-state index contributed by atoms with van der Waals surface area (Å²) in [6, 6.07) is 1.13. The summed E-state index contributed by atoms with van der Waals surface area (Å²) in [6.45, 7) is 5.71. The molecule has 3 atom stereocenters. The van der Waals surface area contributed by atoms with E-state index in [1.54, 1.807) is 7.11 Å².